The van der Waals surface area contributed by atoms with E-state index in [1.807, 2.05) is 6.92 Å². The van der Waals surface area contributed by atoms with Crippen LogP contribution in [0.25, 0.3) is 0 Å². The van der Waals surface area contributed by atoms with E-state index in [0.29, 0.717) is 32.8 Å². The third-order valence-electron chi connectivity index (χ3n) is 10.0. The Hall–Kier alpha value is 0.510. The van der Waals surface area contributed by atoms with Gasteiger partial charge in [-0.1, -0.05) is 216 Å². The molecule has 0 heterocycles. The van der Waals surface area contributed by atoms with E-state index < -0.39 is 13.2 Å². The maximum Gasteiger partial charge on any atom is 0.267 e. The molecule has 0 saturated heterocycles. The summed E-state index contributed by atoms with van der Waals surface area (Å²) in [6, 6.07) is 0. The third kappa shape index (κ3) is 40.0. The van der Waals surface area contributed by atoms with Gasteiger partial charge in [0, 0.05) is 24.0 Å². The van der Waals surface area contributed by atoms with Crippen molar-refractivity contribution in [1.82, 2.24) is 0 Å². The lowest BCUT2D eigenvalue weighted by atomic mass is 9.94. The first kappa shape index (κ1) is 51.5. The molecule has 0 aliphatic rings. The topological polar surface area (TPSA) is 77.1 Å². The molecule has 0 radical (unpaired) electrons. The minimum Gasteiger partial charge on any atom is -0.756 e. The molecule has 0 N–H and O–H groups in total. The molecule has 1 unspecified atom stereocenters. The maximum absolute atomic E-state index is 12.5. The van der Waals surface area contributed by atoms with Gasteiger partial charge in [-0.2, -0.15) is 0 Å². The van der Waals surface area contributed by atoms with Gasteiger partial charge in [-0.05, 0) is 25.7 Å². The van der Waals surface area contributed by atoms with Crippen molar-refractivity contribution in [2.45, 2.75) is 226 Å². The predicted molar refractivity (Wildman–Crippen MR) is 222 cm³/mol. The van der Waals surface area contributed by atoms with Gasteiger partial charge in [-0.25, -0.2) is 0 Å². The molecule has 1 atom stereocenters. The number of hydrogen-bond donors (Lipinski definition) is 0. The van der Waals surface area contributed by atoms with Crippen molar-refractivity contribution in [3.8, 4) is 0 Å². The van der Waals surface area contributed by atoms with Crippen LogP contribution in [0.2, 0.25) is 0 Å². The Morgan fingerprint density at radius 2 is 0.725 bits per heavy atom. The van der Waals surface area contributed by atoms with Gasteiger partial charge < -0.3 is 23.4 Å². The second kappa shape index (κ2) is 40.2. The largest absolute Gasteiger partial charge is 0.756 e. The van der Waals surface area contributed by atoms with E-state index in [-0.39, 0.29) is 13.2 Å². The zero-order chi connectivity index (χ0) is 37.4. The minimum absolute atomic E-state index is 0.00877. The van der Waals surface area contributed by atoms with Crippen molar-refractivity contribution in [3.63, 3.8) is 0 Å². The van der Waals surface area contributed by atoms with Crippen LogP contribution in [0.3, 0.4) is 0 Å². The third-order valence-corrected chi connectivity index (χ3v) is 11.5. The van der Waals surface area contributed by atoms with Crippen molar-refractivity contribution >= 4 is 23.8 Å². The predicted octanol–water partition coefficient (Wildman–Crippen LogP) is 14.4. The van der Waals surface area contributed by atoms with E-state index in [1.165, 1.54) is 167 Å². The first-order valence-corrected chi connectivity index (χ1v) is 24.8. The van der Waals surface area contributed by atoms with E-state index >= 15 is 0 Å². The summed E-state index contributed by atoms with van der Waals surface area (Å²) in [5, 5.41) is 0.971. The summed E-state index contributed by atoms with van der Waals surface area (Å²) < 4.78 is 35.2. The number of phosphoric ester groups is 1. The fourth-order valence-electron chi connectivity index (χ4n) is 6.56. The average molecular weight is 811 g/mol. The number of halogens is 1. The molecule has 308 valence electrons. The van der Waals surface area contributed by atoms with Gasteiger partial charge in [0.25, 0.3) is 7.82 Å². The van der Waals surface area contributed by atoms with Crippen molar-refractivity contribution in [2.24, 2.45) is 5.41 Å². The Balaban J connectivity index is 4.22. The summed E-state index contributed by atoms with van der Waals surface area (Å²) in [6.45, 7) is 8.95. The zero-order valence-corrected chi connectivity index (χ0v) is 36.8. The molecule has 6 nitrogen and oxygen atoms in total. The smallest absolute Gasteiger partial charge is 0.267 e. The summed E-state index contributed by atoms with van der Waals surface area (Å²) in [6.07, 6.45) is 41.1. The molecule has 0 aromatic heterocycles. The first-order chi connectivity index (χ1) is 24.9. The van der Waals surface area contributed by atoms with Crippen LogP contribution < -0.4 is 4.89 Å². The van der Waals surface area contributed by atoms with Crippen LogP contribution in [-0.4, -0.2) is 45.0 Å². The number of ether oxygens (including phenoxy) is 2. The minimum atomic E-state index is -4.37. The summed E-state index contributed by atoms with van der Waals surface area (Å²) >= 11 is 3.43. The maximum atomic E-state index is 12.5. The van der Waals surface area contributed by atoms with Gasteiger partial charge in [0.15, 0.2) is 0 Å². The Morgan fingerprint density at radius 1 is 0.431 bits per heavy atom. The van der Waals surface area contributed by atoms with Crippen LogP contribution >= 0.6 is 23.8 Å². The molecule has 0 spiro atoms. The summed E-state index contributed by atoms with van der Waals surface area (Å²) in [5.41, 5.74) is -0.550. The second-order valence-corrected chi connectivity index (χ2v) is 18.0. The highest BCUT2D eigenvalue weighted by Crippen LogP contribution is 2.40. The van der Waals surface area contributed by atoms with E-state index in [0.717, 1.165) is 37.4 Å². The molecule has 51 heavy (non-hydrogen) atoms. The summed E-state index contributed by atoms with van der Waals surface area (Å²) in [5.74, 6) is 0. The molecular weight excluding hydrogens is 723 g/mol. The van der Waals surface area contributed by atoms with Crippen molar-refractivity contribution in [3.05, 3.63) is 0 Å². The molecule has 0 fully saturated rings. The lowest BCUT2D eigenvalue weighted by Gasteiger charge is -2.32. The van der Waals surface area contributed by atoms with Crippen LogP contribution in [0.1, 0.15) is 226 Å². The summed E-state index contributed by atoms with van der Waals surface area (Å²) in [4.78, 5) is 12.5. The lowest BCUT2D eigenvalue weighted by molar-refractivity contribution is -0.229. The number of alkyl halides is 1. The molecule has 0 aliphatic carbocycles. The highest BCUT2D eigenvalue weighted by atomic mass is 79.9. The van der Waals surface area contributed by atoms with Gasteiger partial charge in [0.05, 0.1) is 26.4 Å². The molecule has 0 aliphatic heterocycles. The summed E-state index contributed by atoms with van der Waals surface area (Å²) in [7, 11) is -4.37. The van der Waals surface area contributed by atoms with Crippen LogP contribution in [0.5, 0.6) is 0 Å². The van der Waals surface area contributed by atoms with Crippen LogP contribution in [0.4, 0.5) is 0 Å². The number of unbranched alkanes of at least 4 members (excludes halogenated alkanes) is 29. The van der Waals surface area contributed by atoms with Gasteiger partial charge in [0.1, 0.15) is 0 Å². The first-order valence-electron chi connectivity index (χ1n) is 22.2. The van der Waals surface area contributed by atoms with Gasteiger partial charge in [-0.15, -0.1) is 0 Å². The highest BCUT2D eigenvalue weighted by Gasteiger charge is 2.28. The molecular formula is C43H87BrO6P-. The Kier molecular flexibility index (Phi) is 40.6. The average Bonchev–Trinajstić information content (AvgIpc) is 3.12. The molecule has 0 bridgehead atoms. The van der Waals surface area contributed by atoms with E-state index in [9.17, 15) is 9.46 Å². The van der Waals surface area contributed by atoms with Crippen molar-refractivity contribution < 1.29 is 28.0 Å². The van der Waals surface area contributed by atoms with Crippen LogP contribution in [-0.2, 0) is 23.1 Å². The van der Waals surface area contributed by atoms with Crippen molar-refractivity contribution in [1.29, 1.82) is 0 Å². The van der Waals surface area contributed by atoms with E-state index in [1.54, 1.807) is 0 Å². The Morgan fingerprint density at radius 3 is 1.06 bits per heavy atom. The van der Waals surface area contributed by atoms with Crippen molar-refractivity contribution in [2.75, 3.05) is 45.0 Å². The molecule has 0 amide bonds. The van der Waals surface area contributed by atoms with E-state index in [4.69, 9.17) is 18.5 Å². The number of rotatable bonds is 44. The molecule has 8 heteroatoms. The Labute approximate surface area is 327 Å². The standard InChI is InChI=1S/C43H88BrO6P/c1-4-6-8-10-12-14-16-18-20-22-24-26-29-33-37-47-40-43(3,42-50-51(45,46)49-39-35-31-28-32-36-44)41-48-38-34-30-27-25-23-21-19-17-15-13-11-9-7-5-2/h4-42H2,1-3H3,(H,45,46)/p-1. The Bertz CT molecular complexity index is 691. The van der Waals surface area contributed by atoms with Crippen LogP contribution in [0, 0.1) is 5.41 Å². The number of hydrogen-bond acceptors (Lipinski definition) is 6. The molecule has 0 aromatic rings. The van der Waals surface area contributed by atoms with Gasteiger partial charge in [-0.3, -0.25) is 4.57 Å². The van der Waals surface area contributed by atoms with Gasteiger partial charge >= 0.3 is 0 Å². The molecule has 0 aromatic carbocycles. The monoisotopic (exact) mass is 810 g/mol. The number of phosphoric acid groups is 1. The second-order valence-electron chi connectivity index (χ2n) is 15.8. The molecule has 0 rings (SSSR count). The normalized spacial score (nSPS) is 13.3. The zero-order valence-electron chi connectivity index (χ0n) is 34.4. The van der Waals surface area contributed by atoms with E-state index in [2.05, 4.69) is 29.8 Å². The SMILES string of the molecule is CCCCCCCCCCCCCCCCOCC(C)(COCCCCCCCCCCCCCCCC)COP(=O)([O-])OCCCCCCBr. The highest BCUT2D eigenvalue weighted by molar-refractivity contribution is 9.09. The van der Waals surface area contributed by atoms with Crippen LogP contribution in [0.15, 0.2) is 0 Å². The van der Waals surface area contributed by atoms with Gasteiger partial charge in [0.2, 0.25) is 0 Å². The fraction of sp³-hybridized carbons (Fsp3) is 1.00. The molecule has 0 saturated carbocycles. The lowest BCUT2D eigenvalue weighted by Crippen LogP contribution is -2.35. The quantitative estimate of drug-likeness (QED) is 0.0346. The fourth-order valence-corrected chi connectivity index (χ4v) is 7.85.